The van der Waals surface area contributed by atoms with E-state index in [0.29, 0.717) is 25.9 Å². The number of alkyl halides is 3. The number of primary amides is 1. The number of likely N-dealkylation sites (tertiary alicyclic amines) is 3. The molecule has 5 aliphatic carbocycles. The van der Waals surface area contributed by atoms with Crippen LogP contribution in [0.2, 0.25) is 0 Å². The maximum absolute atomic E-state index is 14.3. The Morgan fingerprint density at radius 2 is 0.652 bits per heavy atom. The largest absolute Gasteiger partial charge is 0.389 e. The van der Waals surface area contributed by atoms with Crippen LogP contribution in [0.15, 0.2) is 25.3 Å². The molecule has 18 atom stereocenters. The van der Waals surface area contributed by atoms with Gasteiger partial charge in [0.25, 0.3) is 17.7 Å². The van der Waals surface area contributed by atoms with Gasteiger partial charge in [-0.3, -0.25) is 57.5 Å². The number of nitrogens with one attached hydrogen (secondary N) is 11. The smallest absolute Gasteiger partial charge is 0.363 e. The lowest BCUT2D eigenvalue weighted by Crippen LogP contribution is -2.62. The number of carbonyl (C=O) groups is 15. The lowest BCUT2D eigenvalue weighted by Gasteiger charge is -2.39. The van der Waals surface area contributed by atoms with Crippen molar-refractivity contribution in [2.75, 3.05) is 92.3 Å². The number of hydrogen-bond acceptors (Lipinski definition) is 21. The van der Waals surface area contributed by atoms with Gasteiger partial charge in [0, 0.05) is 98.0 Å². The Labute approximate surface area is 832 Å². The van der Waals surface area contributed by atoms with Crippen LogP contribution < -0.4 is 64.2 Å². The number of ketones is 3. The molecule has 0 aromatic carbocycles. The minimum atomic E-state index is -4.67. The van der Waals surface area contributed by atoms with E-state index in [-0.39, 0.29) is 91.5 Å². The third kappa shape index (κ3) is 31.8. The van der Waals surface area contributed by atoms with E-state index in [9.17, 15) is 110 Å². The van der Waals surface area contributed by atoms with Crippen molar-refractivity contribution in [3.8, 4) is 0 Å². The first kappa shape index (κ1) is 121. The van der Waals surface area contributed by atoms with E-state index >= 15 is 0 Å². The molecular weight excluding hydrogens is 1890 g/mol. The quantitative estimate of drug-likeness (QED) is 0.0282. The molecule has 45 heteroatoms. The standard InChI is InChI=1S/C33H56N6O7S.C32H53F3N6O7S.C31H54N6O7S/c1-12-15-34-28(42)25(40)21(16-19-13-14-19)35-27(41)24-23-20(33(23,8)9)17-39(24)29(43)26(32(5,6)7)37-30(44)36-22(31(2,3)4)18-38(10)47(11,45)46;1-12-15-36-26(44)23(42)19(13-14-32(33,34)35)37-25(43)22-21-18(31(21,8)9)16-41(22)27(45)24(30(5,6)7)39-28(46)38-20(29(2,3)4)17-40(10)49(11,47)48;1-29(2,3)20(16-36(9)45(10,43)44)34-28(42)35-24(30(4,5)6)27(41)37-15-18-21(31(18,7)8)22(37)26(40)33-19(23(38)25(32)39)14-17-12-11-13-17/h12,19-24,26H,1,13-18H2,2-11H3,(H,34,42)(H,35,41)(H2,36,37,44);12,18-22,24H,1,13-17H2,2-11H3,(H,36,44)(H,37,43)(H2,38,39,46);17-22,24H,11-16H2,1-10H3,(H2,32,39)(H,33,40)(H2,34,35,42)/t20-,21?,22+,23-,24-,26+;2*18-,19?,20+,21-,22-,24+/m000/s1. The number of hydrogen-bond donors (Lipinski definition) is 12. The zero-order valence-electron chi connectivity index (χ0n) is 88.3. The van der Waals surface area contributed by atoms with Crippen molar-refractivity contribution >= 4 is 119 Å². The molecule has 3 aliphatic heterocycles. The van der Waals surface area contributed by atoms with Crippen molar-refractivity contribution in [3.63, 3.8) is 0 Å². The van der Waals surface area contributed by atoms with Crippen LogP contribution in [-0.2, 0) is 87.6 Å². The maximum Gasteiger partial charge on any atom is 0.389 e. The van der Waals surface area contributed by atoms with E-state index in [2.05, 4.69) is 71.6 Å². The highest BCUT2D eigenvalue weighted by Gasteiger charge is 2.73. The first-order valence-electron chi connectivity index (χ1n) is 48.4. The maximum atomic E-state index is 14.3. The number of halogens is 3. The van der Waals surface area contributed by atoms with Crippen LogP contribution in [-0.4, -0.2) is 312 Å². The Kier molecular flexibility index (Phi) is 38.5. The summed E-state index contributed by atoms with van der Waals surface area (Å²) >= 11 is 0. The SMILES string of the molecule is C=CCNC(=O)C(=O)C(CC1CC1)NC(=O)[C@@H]1[C@@H]2[C@H](CN1C(=O)[C@@H](NC(=O)N[C@H](CN(C)S(C)(=O)=O)C(C)(C)C)C(C)(C)C)C2(C)C.C=CCNC(=O)C(=O)C(CCC(F)(F)F)NC(=O)[C@@H]1[C@@H]2[C@H](CN1C(=O)[C@@H](NC(=O)N[C@H](CN(C)S(C)(=O)=O)C(C)(C)C)C(C)(C)C)C2(C)C.CN(C[C@@H](NC(=O)N[C@H](C(=O)N1C[C@H]2[C@@H]([C@H]1C(=O)NC(CC1CCC1)C(=O)C(N)=O)C2(C)C)C(C)(C)C)C(C)(C)C)S(C)(=O)=O. The molecule has 0 aromatic heterocycles. The molecule has 39 nitrogen and oxygen atoms in total. The molecule has 3 saturated heterocycles. The number of Topliss-reactive ketones (excluding diaryl/α,β-unsaturated/α-hetero) is 3. The molecule has 8 fully saturated rings. The number of urea groups is 3. The van der Waals surface area contributed by atoms with Gasteiger partial charge in [-0.05, 0) is 115 Å². The first-order chi connectivity index (χ1) is 63.8. The van der Waals surface area contributed by atoms with Crippen LogP contribution in [0.5, 0.6) is 0 Å². The van der Waals surface area contributed by atoms with Gasteiger partial charge in [0.05, 0.1) is 36.9 Å². The summed E-state index contributed by atoms with van der Waals surface area (Å²) in [4.78, 5) is 205. The molecule has 0 aromatic rings. The van der Waals surface area contributed by atoms with Crippen molar-refractivity contribution in [2.45, 2.75) is 303 Å². The highest BCUT2D eigenvalue weighted by Crippen LogP contribution is 2.67. The number of nitrogens with two attached hydrogens (primary N) is 1. The number of sulfonamides is 3. The summed E-state index contributed by atoms with van der Waals surface area (Å²) in [5.41, 5.74) is 0.473. The van der Waals surface area contributed by atoms with Gasteiger partial charge in [0.1, 0.15) is 36.3 Å². The van der Waals surface area contributed by atoms with Crippen LogP contribution in [0.1, 0.15) is 224 Å². The number of rotatable bonds is 40. The Hall–Kier alpha value is -8.95. The Morgan fingerprint density at radius 1 is 0.397 bits per heavy atom. The summed E-state index contributed by atoms with van der Waals surface area (Å²) in [6.07, 6.45) is 4.33. The van der Waals surface area contributed by atoms with Crippen molar-refractivity contribution in [1.82, 2.24) is 86.1 Å². The Morgan fingerprint density at radius 3 is 0.872 bits per heavy atom. The molecule has 141 heavy (non-hydrogen) atoms. The monoisotopic (exact) mass is 2060 g/mol. The minimum Gasteiger partial charge on any atom is -0.363 e. The van der Waals surface area contributed by atoms with Gasteiger partial charge in [0.2, 0.25) is 82.9 Å². The number of piperidine rings is 3. The number of likely N-dealkylation sites (N-methyl/N-ethyl adjacent to an activating group) is 3. The molecule has 802 valence electrons. The third-order valence-electron chi connectivity index (χ3n) is 29.7. The lowest BCUT2D eigenvalue weighted by molar-refractivity contribution is -0.148. The van der Waals surface area contributed by atoms with Gasteiger partial charge in [-0.15, -0.1) is 13.2 Å². The molecule has 8 aliphatic rings. The molecule has 5 saturated carbocycles. The summed E-state index contributed by atoms with van der Waals surface area (Å²) in [6, 6.07) is -13.9. The summed E-state index contributed by atoms with van der Waals surface area (Å²) < 4.78 is 115. The first-order valence-corrected chi connectivity index (χ1v) is 53.9. The van der Waals surface area contributed by atoms with E-state index in [1.54, 1.807) is 20.8 Å². The topological polar surface area (TPSA) is 536 Å². The average molecular weight is 2060 g/mol. The second-order valence-electron chi connectivity index (χ2n) is 48.3. The van der Waals surface area contributed by atoms with E-state index < -0.39 is 254 Å². The summed E-state index contributed by atoms with van der Waals surface area (Å²) in [5, 5.41) is 29.5. The van der Waals surface area contributed by atoms with Crippen LogP contribution in [0.25, 0.3) is 0 Å². The fourth-order valence-electron chi connectivity index (χ4n) is 19.2. The van der Waals surface area contributed by atoms with E-state index in [1.165, 1.54) is 52.3 Å². The van der Waals surface area contributed by atoms with Crippen molar-refractivity contribution in [3.05, 3.63) is 25.3 Å². The van der Waals surface area contributed by atoms with Gasteiger partial charge in [-0.2, -0.15) is 13.2 Å². The van der Waals surface area contributed by atoms with Gasteiger partial charge >= 0.3 is 24.3 Å². The highest BCUT2D eigenvalue weighted by atomic mass is 32.2. The highest BCUT2D eigenvalue weighted by molar-refractivity contribution is 7.88. The summed E-state index contributed by atoms with van der Waals surface area (Å²) in [5.74, 6) is -9.53. The van der Waals surface area contributed by atoms with Gasteiger partial charge in [-0.1, -0.05) is 210 Å². The third-order valence-corrected chi connectivity index (χ3v) is 33.5. The summed E-state index contributed by atoms with van der Waals surface area (Å²) in [7, 11) is -6.30. The molecule has 0 radical (unpaired) electrons. The van der Waals surface area contributed by atoms with Crippen LogP contribution in [0.3, 0.4) is 0 Å². The van der Waals surface area contributed by atoms with Crippen LogP contribution >= 0.6 is 0 Å². The zero-order valence-corrected chi connectivity index (χ0v) is 90.8. The second-order valence-corrected chi connectivity index (χ2v) is 54.6. The zero-order chi connectivity index (χ0) is 108. The number of amides is 15. The molecule has 3 heterocycles. The Bertz CT molecular complexity index is 5040. The normalized spacial score (nSPS) is 23.7. The van der Waals surface area contributed by atoms with Crippen molar-refractivity contribution in [2.24, 2.45) is 102 Å². The van der Waals surface area contributed by atoms with E-state index in [4.69, 9.17) is 5.73 Å². The fraction of sp³-hybridized carbons (Fsp3) is 0.802. The van der Waals surface area contributed by atoms with E-state index in [1.807, 2.05) is 145 Å². The molecule has 13 N–H and O–H groups in total. The van der Waals surface area contributed by atoms with Crippen LogP contribution in [0, 0.1) is 96.1 Å². The van der Waals surface area contributed by atoms with Gasteiger partial charge in [0.15, 0.2) is 0 Å². The second kappa shape index (κ2) is 45.0. The molecule has 0 spiro atoms. The fourth-order valence-corrected chi connectivity index (χ4v) is 20.5. The number of fused-ring (bicyclic) bond motifs is 3. The lowest BCUT2D eigenvalue weighted by atomic mass is 9.80. The number of carbonyl (C=O) groups excluding carboxylic acids is 15. The molecule has 0 bridgehead atoms. The summed E-state index contributed by atoms with van der Waals surface area (Å²) in [6.45, 7) is 52.4. The average Bonchev–Trinajstić information content (AvgIpc) is 1.53. The van der Waals surface area contributed by atoms with Crippen LogP contribution in [0.4, 0.5) is 27.6 Å². The molecular formula is C96H163F3N18O21S3. The number of nitrogens with zero attached hydrogens (tertiary/aromatic N) is 6. The van der Waals surface area contributed by atoms with Gasteiger partial charge < -0.3 is 78.9 Å². The van der Waals surface area contributed by atoms with Crippen molar-refractivity contribution in [1.29, 1.82) is 0 Å². The van der Waals surface area contributed by atoms with Gasteiger partial charge in [-0.25, -0.2) is 52.6 Å². The predicted molar refractivity (Wildman–Crippen MR) is 527 cm³/mol. The minimum absolute atomic E-state index is 0.0305. The molecule has 3 unspecified atom stereocenters. The van der Waals surface area contributed by atoms with E-state index in [0.717, 1.165) is 59.5 Å². The molecule has 15 amide bonds. The Balaban J connectivity index is 0.000000324. The molecule has 8 rings (SSSR count). The predicted octanol–water partition coefficient (Wildman–Crippen LogP) is 5.05. The van der Waals surface area contributed by atoms with Crippen molar-refractivity contribution < 1.29 is 110 Å².